The van der Waals surface area contributed by atoms with E-state index in [0.717, 1.165) is 45.6 Å². The standard InChI is InChI=1S/C18H24FN5S/c1-2-21-9-11-22(12-10-21)13-23-18(25)24(14-7-8-14)17(20-23)15-5-3-4-6-16(15)19/h3-6,14H,2,7-13H2,1H3. The Morgan fingerprint density at radius 1 is 1.12 bits per heavy atom. The van der Waals surface area contributed by atoms with Crippen molar-refractivity contribution in [3.63, 3.8) is 0 Å². The van der Waals surface area contributed by atoms with Crippen molar-refractivity contribution in [2.75, 3.05) is 32.7 Å². The predicted octanol–water partition coefficient (Wildman–Crippen LogP) is 3.15. The third-order valence-corrected chi connectivity index (χ3v) is 5.55. The minimum Gasteiger partial charge on any atom is -0.301 e. The van der Waals surface area contributed by atoms with Crippen LogP contribution in [0.1, 0.15) is 25.8 Å². The van der Waals surface area contributed by atoms with Crippen molar-refractivity contribution in [1.82, 2.24) is 24.1 Å². The number of halogens is 1. The van der Waals surface area contributed by atoms with Gasteiger partial charge in [-0.2, -0.15) is 5.10 Å². The lowest BCUT2D eigenvalue weighted by molar-refractivity contribution is 0.106. The monoisotopic (exact) mass is 361 g/mol. The fraction of sp³-hybridized carbons (Fsp3) is 0.556. The molecule has 0 radical (unpaired) electrons. The third-order valence-electron chi connectivity index (χ3n) is 5.14. The number of piperazine rings is 1. The van der Waals surface area contributed by atoms with Gasteiger partial charge in [-0.25, -0.2) is 9.07 Å². The van der Waals surface area contributed by atoms with Crippen LogP contribution in [0.4, 0.5) is 4.39 Å². The van der Waals surface area contributed by atoms with Crippen LogP contribution >= 0.6 is 12.2 Å². The molecule has 134 valence electrons. The highest BCUT2D eigenvalue weighted by molar-refractivity contribution is 7.71. The smallest absolute Gasteiger partial charge is 0.199 e. The van der Waals surface area contributed by atoms with Crippen LogP contribution in [0.3, 0.4) is 0 Å². The van der Waals surface area contributed by atoms with Gasteiger partial charge in [0, 0.05) is 32.2 Å². The SMILES string of the molecule is CCN1CCN(Cn2nc(-c3ccccc3F)n(C3CC3)c2=S)CC1. The van der Waals surface area contributed by atoms with E-state index in [9.17, 15) is 4.39 Å². The lowest BCUT2D eigenvalue weighted by Gasteiger charge is -2.33. The van der Waals surface area contributed by atoms with Gasteiger partial charge >= 0.3 is 0 Å². The predicted molar refractivity (Wildman–Crippen MR) is 98.4 cm³/mol. The highest BCUT2D eigenvalue weighted by Crippen LogP contribution is 2.39. The molecule has 2 fully saturated rings. The summed E-state index contributed by atoms with van der Waals surface area (Å²) in [6.45, 7) is 8.16. The van der Waals surface area contributed by atoms with Gasteiger partial charge in [-0.05, 0) is 43.7 Å². The molecule has 0 amide bonds. The first-order chi connectivity index (χ1) is 12.2. The number of nitrogens with zero attached hydrogens (tertiary/aromatic N) is 5. The van der Waals surface area contributed by atoms with E-state index >= 15 is 0 Å². The first-order valence-corrected chi connectivity index (χ1v) is 9.47. The van der Waals surface area contributed by atoms with Crippen LogP contribution in [0.5, 0.6) is 0 Å². The summed E-state index contributed by atoms with van der Waals surface area (Å²) in [5.41, 5.74) is 0.537. The highest BCUT2D eigenvalue weighted by atomic mass is 32.1. The van der Waals surface area contributed by atoms with E-state index in [-0.39, 0.29) is 5.82 Å². The molecule has 2 aromatic rings. The molecule has 4 rings (SSSR count). The summed E-state index contributed by atoms with van der Waals surface area (Å²) in [6.07, 6.45) is 2.19. The van der Waals surface area contributed by atoms with E-state index in [2.05, 4.69) is 21.3 Å². The second-order valence-corrected chi connectivity index (χ2v) is 7.25. The number of aromatic nitrogens is 3. The molecular formula is C18H24FN5S. The molecular weight excluding hydrogens is 337 g/mol. The molecule has 7 heteroatoms. The molecule has 5 nitrogen and oxygen atoms in total. The molecule has 1 saturated heterocycles. The fourth-order valence-electron chi connectivity index (χ4n) is 3.44. The maximum atomic E-state index is 14.3. The fourth-order valence-corrected chi connectivity index (χ4v) is 3.77. The number of rotatable bonds is 5. The highest BCUT2D eigenvalue weighted by Gasteiger charge is 2.30. The maximum absolute atomic E-state index is 14.3. The van der Waals surface area contributed by atoms with Gasteiger partial charge in [0.15, 0.2) is 10.6 Å². The molecule has 0 bridgehead atoms. The summed E-state index contributed by atoms with van der Waals surface area (Å²) in [7, 11) is 0. The van der Waals surface area contributed by atoms with Crippen molar-refractivity contribution >= 4 is 12.2 Å². The van der Waals surface area contributed by atoms with Crippen LogP contribution in [-0.2, 0) is 6.67 Å². The van der Waals surface area contributed by atoms with Crippen LogP contribution < -0.4 is 0 Å². The first-order valence-electron chi connectivity index (χ1n) is 9.06. The van der Waals surface area contributed by atoms with Crippen LogP contribution in [-0.4, -0.2) is 56.9 Å². The summed E-state index contributed by atoms with van der Waals surface area (Å²) >= 11 is 5.69. The number of benzene rings is 1. The van der Waals surface area contributed by atoms with Crippen molar-refractivity contribution < 1.29 is 4.39 Å². The minimum absolute atomic E-state index is 0.242. The summed E-state index contributed by atoms with van der Waals surface area (Å²) in [4.78, 5) is 4.82. The Labute approximate surface area is 152 Å². The quantitative estimate of drug-likeness (QED) is 0.765. The Hall–Kier alpha value is -1.57. The number of hydrogen-bond acceptors (Lipinski definition) is 4. The van der Waals surface area contributed by atoms with Crippen LogP contribution in [0, 0.1) is 10.6 Å². The lowest BCUT2D eigenvalue weighted by Crippen LogP contribution is -2.46. The van der Waals surface area contributed by atoms with Crippen molar-refractivity contribution in [3.05, 3.63) is 34.9 Å². The second kappa shape index (κ2) is 6.97. The van der Waals surface area contributed by atoms with Gasteiger partial charge in [0.05, 0.1) is 12.2 Å². The largest absolute Gasteiger partial charge is 0.301 e. The molecule has 1 saturated carbocycles. The van der Waals surface area contributed by atoms with Gasteiger partial charge in [-0.1, -0.05) is 19.1 Å². The normalized spacial score (nSPS) is 19.4. The van der Waals surface area contributed by atoms with Crippen LogP contribution in [0.25, 0.3) is 11.4 Å². The van der Waals surface area contributed by atoms with Crippen molar-refractivity contribution in [2.24, 2.45) is 0 Å². The Morgan fingerprint density at radius 3 is 2.44 bits per heavy atom. The molecule has 1 aromatic carbocycles. The van der Waals surface area contributed by atoms with Gasteiger partial charge in [0.2, 0.25) is 0 Å². The van der Waals surface area contributed by atoms with Gasteiger partial charge in [0.25, 0.3) is 0 Å². The Morgan fingerprint density at radius 2 is 1.80 bits per heavy atom. The summed E-state index contributed by atoms with van der Waals surface area (Å²) in [6, 6.07) is 7.20. The lowest BCUT2D eigenvalue weighted by atomic mass is 10.2. The molecule has 1 aliphatic carbocycles. The average Bonchev–Trinajstić information content (AvgIpc) is 3.41. The molecule has 2 aliphatic rings. The summed E-state index contributed by atoms with van der Waals surface area (Å²) in [5.74, 6) is 0.422. The average molecular weight is 361 g/mol. The maximum Gasteiger partial charge on any atom is 0.199 e. The second-order valence-electron chi connectivity index (χ2n) is 6.88. The molecule has 25 heavy (non-hydrogen) atoms. The molecule has 0 spiro atoms. The zero-order valence-electron chi connectivity index (χ0n) is 14.6. The number of hydrogen-bond donors (Lipinski definition) is 0. The van der Waals surface area contributed by atoms with E-state index in [4.69, 9.17) is 17.3 Å². The van der Waals surface area contributed by atoms with Crippen LogP contribution in [0.2, 0.25) is 0 Å². The molecule has 0 atom stereocenters. The third kappa shape index (κ3) is 3.41. The van der Waals surface area contributed by atoms with Crippen molar-refractivity contribution in [1.29, 1.82) is 0 Å². The molecule has 0 N–H and O–H groups in total. The van der Waals surface area contributed by atoms with Gasteiger partial charge in [-0.3, -0.25) is 9.47 Å². The first kappa shape index (κ1) is 16.9. The van der Waals surface area contributed by atoms with Crippen molar-refractivity contribution in [3.8, 4) is 11.4 Å². The zero-order chi connectivity index (χ0) is 17.4. The molecule has 1 aliphatic heterocycles. The minimum atomic E-state index is -0.242. The Bertz CT molecular complexity index is 802. The van der Waals surface area contributed by atoms with Crippen molar-refractivity contribution in [2.45, 2.75) is 32.5 Å². The van der Waals surface area contributed by atoms with Gasteiger partial charge in [-0.15, -0.1) is 0 Å². The van der Waals surface area contributed by atoms with Crippen LogP contribution in [0.15, 0.2) is 24.3 Å². The van der Waals surface area contributed by atoms with E-state index < -0.39 is 0 Å². The molecule has 2 heterocycles. The van der Waals surface area contributed by atoms with E-state index in [1.807, 2.05) is 10.7 Å². The van der Waals surface area contributed by atoms with E-state index in [1.165, 1.54) is 6.07 Å². The topological polar surface area (TPSA) is 29.2 Å². The Balaban J connectivity index is 1.63. The summed E-state index contributed by atoms with van der Waals surface area (Å²) in [5, 5.41) is 4.72. The summed E-state index contributed by atoms with van der Waals surface area (Å²) < 4.78 is 18.9. The molecule has 1 aromatic heterocycles. The molecule has 0 unspecified atom stereocenters. The zero-order valence-corrected chi connectivity index (χ0v) is 15.4. The van der Waals surface area contributed by atoms with Gasteiger partial charge < -0.3 is 4.90 Å². The van der Waals surface area contributed by atoms with Gasteiger partial charge in [0.1, 0.15) is 5.82 Å². The van der Waals surface area contributed by atoms with E-state index in [1.54, 1.807) is 12.1 Å². The Kier molecular flexibility index (Phi) is 4.71. The van der Waals surface area contributed by atoms with E-state index in [0.29, 0.717) is 28.9 Å². The number of likely N-dealkylation sites (N-methyl/N-ethyl adjacent to an activating group) is 1.